The average molecular weight is 1170 g/mol. The van der Waals surface area contributed by atoms with Crippen LogP contribution < -0.4 is 0 Å². The number of hydrogen-bond donors (Lipinski definition) is 1. The summed E-state index contributed by atoms with van der Waals surface area (Å²) in [4.78, 5) is 21.5. The maximum atomic E-state index is 12.5. The van der Waals surface area contributed by atoms with Gasteiger partial charge >= 0.3 is 60.2 Å². The van der Waals surface area contributed by atoms with Crippen LogP contribution in [0.5, 0.6) is 0 Å². The number of esters is 2. The zero-order chi connectivity index (χ0) is 41.2. The van der Waals surface area contributed by atoms with Gasteiger partial charge in [-0.25, -0.2) is 0 Å². The predicted molar refractivity (Wildman–Crippen MR) is 136 cm³/mol. The number of rotatable bonds is 16. The van der Waals surface area contributed by atoms with Crippen molar-refractivity contribution in [2.75, 3.05) is 33.0 Å². The molecule has 0 radical (unpaired) electrons. The summed E-state index contributed by atoms with van der Waals surface area (Å²) in [6, 6.07) is 0. The standard InChI is InChI=1S/C11H11F9O3.C8H9F9O.C7H12O3.2W/c1-2-5-22-7(21)4-3-6-23-8(9(12,13)14,10(15,16)17)11(18,19)20;1-2-3-4-18-5(6(9,10)11,7(12,13)14)8(15,16)17;1-2-6-10-7(9)4-3-5-8;;/h2H,1,3-6H2;2-4H2,1H3;2,8H,1,3-6H2;;. The Morgan fingerprint density at radius 2 is 0.792 bits per heavy atom. The van der Waals surface area contributed by atoms with Crippen LogP contribution in [0.4, 0.5) is 79.0 Å². The fraction of sp³-hybridized carbons (Fsp3) is 0.769. The Kier molecular flexibility index (Phi) is 29.2. The predicted octanol–water partition coefficient (Wildman–Crippen LogP) is 8.65. The zero-order valence-electron chi connectivity index (χ0n) is 26.9. The van der Waals surface area contributed by atoms with Gasteiger partial charge < -0.3 is 24.1 Å². The number of ether oxygens (including phenoxy) is 4. The van der Waals surface area contributed by atoms with Crippen LogP contribution in [0.1, 0.15) is 45.4 Å². The second kappa shape index (κ2) is 25.6. The Bertz CT molecular complexity index is 967. The third-order valence-corrected chi connectivity index (χ3v) is 5.32. The molecule has 0 amide bonds. The zero-order valence-corrected chi connectivity index (χ0v) is 32.7. The molecule has 53 heavy (non-hydrogen) atoms. The summed E-state index contributed by atoms with van der Waals surface area (Å²) < 4.78 is 237. The van der Waals surface area contributed by atoms with Crippen LogP contribution in [0.3, 0.4) is 0 Å². The molecule has 0 saturated heterocycles. The second-order valence-electron chi connectivity index (χ2n) is 9.27. The van der Waals surface area contributed by atoms with Gasteiger partial charge in [-0.15, -0.1) is 0 Å². The Hall–Kier alpha value is -1.58. The number of hydrogen-bond acceptors (Lipinski definition) is 7. The molecular formula is C26H32F18O7W2. The number of aliphatic hydroxyl groups is 1. The molecule has 0 aromatic rings. The molecule has 0 saturated carbocycles. The van der Waals surface area contributed by atoms with Gasteiger partial charge in [0.25, 0.3) is 0 Å². The smallest absolute Gasteiger partial charge is 0.435 e. The molecule has 0 fully saturated rings. The Morgan fingerprint density at radius 1 is 0.528 bits per heavy atom. The van der Waals surface area contributed by atoms with Gasteiger partial charge in [0.05, 0.1) is 0 Å². The molecular weight excluding hydrogens is 1130 g/mol. The molecule has 0 aliphatic carbocycles. The van der Waals surface area contributed by atoms with E-state index in [-0.39, 0.29) is 87.2 Å². The van der Waals surface area contributed by atoms with E-state index in [1.807, 2.05) is 0 Å². The van der Waals surface area contributed by atoms with E-state index in [2.05, 4.69) is 32.1 Å². The van der Waals surface area contributed by atoms with Crippen LogP contribution in [0.2, 0.25) is 0 Å². The first-order chi connectivity index (χ1) is 22.8. The molecule has 0 aliphatic rings. The van der Waals surface area contributed by atoms with E-state index in [0.29, 0.717) is 6.42 Å². The van der Waals surface area contributed by atoms with Gasteiger partial charge in [0.15, 0.2) is 0 Å². The molecule has 0 atom stereocenters. The minimum atomic E-state index is -6.78. The first kappa shape index (κ1) is 60.7. The van der Waals surface area contributed by atoms with Gasteiger partial charge in [0, 0.05) is 74.8 Å². The molecule has 0 aromatic heterocycles. The molecule has 7 nitrogen and oxygen atoms in total. The van der Waals surface area contributed by atoms with Gasteiger partial charge in [-0.05, 0) is 19.3 Å². The summed E-state index contributed by atoms with van der Waals surface area (Å²) in [5.74, 6) is -1.32. The van der Waals surface area contributed by atoms with Crippen molar-refractivity contribution < 1.29 is 155 Å². The van der Waals surface area contributed by atoms with Crippen molar-refractivity contribution in [3.8, 4) is 0 Å². The SMILES string of the molecule is C=CCOC(=O)CCCO.C=CCOC(=O)CCCOC(C(F)(F)F)(C(F)(F)F)C(F)(F)F.CCCCOC(C(F)(F)F)(C(F)(F)F)C(F)(F)F.[W].[W]. The van der Waals surface area contributed by atoms with Gasteiger partial charge in [-0.1, -0.05) is 38.7 Å². The Balaban J connectivity index is -0.000000229. The molecule has 0 aliphatic heterocycles. The number of carbonyl (C=O) groups excluding carboxylic acids is 2. The number of aliphatic hydroxyl groups excluding tert-OH is 1. The van der Waals surface area contributed by atoms with Crippen LogP contribution in [-0.2, 0) is 70.7 Å². The molecule has 0 aromatic carbocycles. The first-order valence-corrected chi connectivity index (χ1v) is 13.6. The van der Waals surface area contributed by atoms with E-state index >= 15 is 0 Å². The quantitative estimate of drug-likeness (QED) is 0.0717. The van der Waals surface area contributed by atoms with Gasteiger partial charge in [0.2, 0.25) is 0 Å². The maximum absolute atomic E-state index is 12.5. The summed E-state index contributed by atoms with van der Waals surface area (Å²) in [6.07, 6.45) is -38.7. The van der Waals surface area contributed by atoms with E-state index in [0.717, 1.165) is 6.08 Å². The fourth-order valence-corrected chi connectivity index (χ4v) is 2.94. The number of alkyl halides is 18. The van der Waals surface area contributed by atoms with Crippen LogP contribution in [0, 0.1) is 0 Å². The second-order valence-corrected chi connectivity index (χ2v) is 9.27. The largest absolute Gasteiger partial charge is 0.461 e. The van der Waals surface area contributed by atoms with Gasteiger partial charge in [0.1, 0.15) is 13.2 Å². The minimum absolute atomic E-state index is 0. The van der Waals surface area contributed by atoms with Crippen LogP contribution in [0.15, 0.2) is 25.3 Å². The molecule has 0 unspecified atom stereocenters. The van der Waals surface area contributed by atoms with Crippen molar-refractivity contribution in [2.45, 2.75) is 93.7 Å². The summed E-state index contributed by atoms with van der Waals surface area (Å²) in [7, 11) is 0. The van der Waals surface area contributed by atoms with Crippen molar-refractivity contribution >= 4 is 11.9 Å². The number of unbranched alkanes of at least 4 members (excludes halogenated alkanes) is 1. The molecule has 316 valence electrons. The van der Waals surface area contributed by atoms with Crippen molar-refractivity contribution in [2.24, 2.45) is 0 Å². The third-order valence-electron chi connectivity index (χ3n) is 5.32. The van der Waals surface area contributed by atoms with Crippen LogP contribution in [0.25, 0.3) is 0 Å². The number of halogens is 18. The normalized spacial score (nSPS) is 12.8. The van der Waals surface area contributed by atoms with E-state index in [4.69, 9.17) is 5.11 Å². The minimum Gasteiger partial charge on any atom is -0.461 e. The molecule has 0 heterocycles. The number of carbonyl (C=O) groups is 2. The van der Waals surface area contributed by atoms with Crippen LogP contribution >= 0.6 is 0 Å². The monoisotopic (exact) mass is 1170 g/mol. The van der Waals surface area contributed by atoms with Crippen molar-refractivity contribution in [1.82, 2.24) is 0 Å². The van der Waals surface area contributed by atoms with Crippen molar-refractivity contribution in [3.05, 3.63) is 25.3 Å². The van der Waals surface area contributed by atoms with Gasteiger partial charge in [-0.2, -0.15) is 79.0 Å². The van der Waals surface area contributed by atoms with Crippen molar-refractivity contribution in [3.63, 3.8) is 0 Å². The topological polar surface area (TPSA) is 91.3 Å². The fourth-order valence-electron chi connectivity index (χ4n) is 2.94. The molecule has 1 N–H and O–H groups in total. The summed E-state index contributed by atoms with van der Waals surface area (Å²) in [5, 5.41) is 8.31. The molecule has 0 bridgehead atoms. The Morgan fingerprint density at radius 3 is 1.02 bits per heavy atom. The summed E-state index contributed by atoms with van der Waals surface area (Å²) >= 11 is 0. The van der Waals surface area contributed by atoms with E-state index < -0.39 is 80.3 Å². The molecule has 0 spiro atoms. The van der Waals surface area contributed by atoms with Gasteiger partial charge in [-0.3, -0.25) is 9.59 Å². The first-order valence-electron chi connectivity index (χ1n) is 13.6. The maximum Gasteiger partial charge on any atom is 0.435 e. The summed E-state index contributed by atoms with van der Waals surface area (Å²) in [5.41, 5.74) is -12.5. The van der Waals surface area contributed by atoms with E-state index in [9.17, 15) is 88.6 Å². The van der Waals surface area contributed by atoms with E-state index in [1.165, 1.54) is 13.0 Å². The van der Waals surface area contributed by atoms with Crippen molar-refractivity contribution in [1.29, 1.82) is 0 Å². The average Bonchev–Trinajstić information content (AvgIpc) is 2.92. The third kappa shape index (κ3) is 19.2. The molecule has 0 rings (SSSR count). The Labute approximate surface area is 318 Å². The molecule has 27 heteroatoms. The van der Waals surface area contributed by atoms with Crippen LogP contribution in [-0.4, -0.2) is 98.3 Å². The summed E-state index contributed by atoms with van der Waals surface area (Å²) in [6.45, 7) is 5.04. The van der Waals surface area contributed by atoms with E-state index in [1.54, 1.807) is 0 Å².